The van der Waals surface area contributed by atoms with E-state index < -0.39 is 5.54 Å². The number of rotatable bonds is 2. The van der Waals surface area contributed by atoms with Gasteiger partial charge in [0.25, 0.3) is 5.91 Å². The predicted octanol–water partition coefficient (Wildman–Crippen LogP) is 1.29. The van der Waals surface area contributed by atoms with Gasteiger partial charge in [0.1, 0.15) is 11.4 Å². The highest BCUT2D eigenvalue weighted by Gasteiger charge is 2.45. The number of ether oxygens (including phenoxy) is 1. The lowest BCUT2D eigenvalue weighted by Crippen LogP contribution is -2.49. The maximum Gasteiger partial charge on any atom is 0.253 e. The highest BCUT2D eigenvalue weighted by Crippen LogP contribution is 2.34. The lowest BCUT2D eigenvalue weighted by Gasteiger charge is -2.36. The zero-order valence-corrected chi connectivity index (χ0v) is 12.6. The van der Waals surface area contributed by atoms with Gasteiger partial charge in [-0.05, 0) is 38.8 Å². The number of amides is 1. The van der Waals surface area contributed by atoms with Crippen molar-refractivity contribution in [3.63, 3.8) is 0 Å². The van der Waals surface area contributed by atoms with Crippen LogP contribution in [0, 0.1) is 6.92 Å². The van der Waals surface area contributed by atoms with Gasteiger partial charge in [0.2, 0.25) is 0 Å². The minimum atomic E-state index is -0.572. The van der Waals surface area contributed by atoms with Crippen molar-refractivity contribution < 1.29 is 9.53 Å². The molecule has 6 heteroatoms. The topological polar surface area (TPSA) is 66.8 Å². The van der Waals surface area contributed by atoms with Crippen molar-refractivity contribution >= 4 is 17.6 Å². The molecule has 1 saturated heterocycles. The molecule has 0 radical (unpaired) electrons. The molecule has 3 rings (SSSR count). The van der Waals surface area contributed by atoms with Gasteiger partial charge in [-0.1, -0.05) is 0 Å². The van der Waals surface area contributed by atoms with E-state index in [4.69, 9.17) is 4.74 Å². The smallest absolute Gasteiger partial charge is 0.253 e. The van der Waals surface area contributed by atoms with E-state index in [1.807, 2.05) is 26.0 Å². The Balaban J connectivity index is 1.80. The fourth-order valence-corrected chi connectivity index (χ4v) is 3.02. The number of methoxy groups -OCH3 is 1. The van der Waals surface area contributed by atoms with Crippen LogP contribution in [0.25, 0.3) is 0 Å². The number of piperidine rings is 1. The van der Waals surface area contributed by atoms with Crippen LogP contribution in [0.5, 0.6) is 5.75 Å². The largest absolute Gasteiger partial charge is 0.493 e. The molecule has 1 aromatic heterocycles. The summed E-state index contributed by atoms with van der Waals surface area (Å²) >= 11 is 0. The fraction of sp³-hybridized carbons (Fsp3) is 0.533. The molecule has 1 amide bonds. The summed E-state index contributed by atoms with van der Waals surface area (Å²) in [5.41, 5.74) is 0.385. The molecule has 0 aromatic carbocycles. The van der Waals surface area contributed by atoms with Crippen molar-refractivity contribution in [1.82, 2.24) is 10.3 Å². The summed E-state index contributed by atoms with van der Waals surface area (Å²) in [6, 6.07) is 3.87. The normalized spacial score (nSPS) is 20.4. The summed E-state index contributed by atoms with van der Waals surface area (Å²) in [5, 5.41) is 2.82. The molecule has 1 spiro atoms. The average molecular weight is 288 g/mol. The highest BCUT2D eigenvalue weighted by molar-refractivity contribution is 6.07. The zero-order chi connectivity index (χ0) is 15.0. The quantitative estimate of drug-likeness (QED) is 0.890. The van der Waals surface area contributed by atoms with Crippen molar-refractivity contribution in [2.75, 3.05) is 25.1 Å². The third kappa shape index (κ3) is 2.34. The molecular formula is C15H20N4O2. The van der Waals surface area contributed by atoms with Crippen molar-refractivity contribution in [2.45, 2.75) is 32.2 Å². The van der Waals surface area contributed by atoms with Crippen LogP contribution in [0.2, 0.25) is 0 Å². The Hall–Kier alpha value is -2.11. The van der Waals surface area contributed by atoms with Gasteiger partial charge in [-0.25, -0.2) is 4.98 Å². The number of anilines is 1. The lowest BCUT2D eigenvalue weighted by molar-refractivity contribution is -0.124. The van der Waals surface area contributed by atoms with E-state index in [2.05, 4.69) is 20.2 Å². The second-order valence-electron chi connectivity index (χ2n) is 5.65. The third-order valence-corrected chi connectivity index (χ3v) is 4.19. The van der Waals surface area contributed by atoms with Crippen LogP contribution in [0.15, 0.2) is 17.1 Å². The van der Waals surface area contributed by atoms with Gasteiger partial charge in [-0.15, -0.1) is 0 Å². The maximum atomic E-state index is 12.1. The SMILES string of the molecule is COc1ccc(C)nc1N1CCC2(CC1)N=C(C)NC2=O. The first-order chi connectivity index (χ1) is 10.0. The number of hydrogen-bond donors (Lipinski definition) is 1. The third-order valence-electron chi connectivity index (χ3n) is 4.19. The van der Waals surface area contributed by atoms with Gasteiger partial charge in [0.05, 0.1) is 7.11 Å². The number of aromatic nitrogens is 1. The van der Waals surface area contributed by atoms with Crippen molar-refractivity contribution in [3.05, 3.63) is 17.8 Å². The summed E-state index contributed by atoms with van der Waals surface area (Å²) in [7, 11) is 1.65. The van der Waals surface area contributed by atoms with Crippen molar-refractivity contribution in [1.29, 1.82) is 0 Å². The number of amidine groups is 1. The molecule has 0 saturated carbocycles. The second-order valence-corrected chi connectivity index (χ2v) is 5.65. The number of pyridine rings is 1. The molecule has 0 aliphatic carbocycles. The Labute approximate surface area is 124 Å². The Morgan fingerprint density at radius 2 is 2.00 bits per heavy atom. The molecule has 1 aromatic rings. The summed E-state index contributed by atoms with van der Waals surface area (Å²) in [6.45, 7) is 5.30. The van der Waals surface area contributed by atoms with Gasteiger partial charge in [-0.3, -0.25) is 9.79 Å². The van der Waals surface area contributed by atoms with Gasteiger partial charge in [0.15, 0.2) is 11.6 Å². The monoisotopic (exact) mass is 288 g/mol. The highest BCUT2D eigenvalue weighted by atomic mass is 16.5. The molecular weight excluding hydrogens is 268 g/mol. The number of hydrogen-bond acceptors (Lipinski definition) is 5. The summed E-state index contributed by atoms with van der Waals surface area (Å²) in [5.74, 6) is 2.38. The Kier molecular flexibility index (Phi) is 3.31. The predicted molar refractivity (Wildman–Crippen MR) is 81.0 cm³/mol. The minimum Gasteiger partial charge on any atom is -0.493 e. The molecule has 112 valence electrons. The van der Waals surface area contributed by atoms with Crippen LogP contribution in [-0.2, 0) is 4.79 Å². The van der Waals surface area contributed by atoms with E-state index in [0.29, 0.717) is 12.8 Å². The zero-order valence-electron chi connectivity index (χ0n) is 12.6. The Morgan fingerprint density at radius 1 is 1.29 bits per heavy atom. The number of carbonyl (C=O) groups is 1. The molecule has 21 heavy (non-hydrogen) atoms. The maximum absolute atomic E-state index is 12.1. The second kappa shape index (κ2) is 5.02. The fourth-order valence-electron chi connectivity index (χ4n) is 3.02. The van der Waals surface area contributed by atoms with Gasteiger partial charge >= 0.3 is 0 Å². The Bertz CT molecular complexity index is 604. The molecule has 6 nitrogen and oxygen atoms in total. The molecule has 0 bridgehead atoms. The number of aliphatic imine (C=N–C) groups is 1. The first-order valence-corrected chi connectivity index (χ1v) is 7.18. The molecule has 0 atom stereocenters. The van der Waals surface area contributed by atoms with E-state index in [1.165, 1.54) is 0 Å². The molecule has 2 aliphatic heterocycles. The summed E-state index contributed by atoms with van der Waals surface area (Å²) < 4.78 is 5.40. The van der Waals surface area contributed by atoms with Crippen LogP contribution >= 0.6 is 0 Å². The van der Waals surface area contributed by atoms with Crippen LogP contribution in [-0.4, -0.2) is 42.5 Å². The number of carbonyl (C=O) groups excluding carboxylic acids is 1. The number of nitrogens with zero attached hydrogens (tertiary/aromatic N) is 3. The lowest BCUT2D eigenvalue weighted by atomic mass is 9.88. The van der Waals surface area contributed by atoms with Crippen molar-refractivity contribution in [2.24, 2.45) is 4.99 Å². The minimum absolute atomic E-state index is 0.0313. The number of nitrogens with one attached hydrogen (secondary N) is 1. The van der Waals surface area contributed by atoms with Gasteiger partial charge in [0, 0.05) is 18.8 Å². The van der Waals surface area contributed by atoms with E-state index in [9.17, 15) is 4.79 Å². The standard InChI is InChI=1S/C15H20N4O2/c1-10-4-5-12(21-3)13(16-10)19-8-6-15(7-9-19)14(20)17-11(2)18-15/h4-5H,6-9H2,1-3H3,(H,17,18,20). The van der Waals surface area contributed by atoms with E-state index in [0.717, 1.165) is 36.2 Å². The first kappa shape index (κ1) is 13.9. The number of aryl methyl sites for hydroxylation is 1. The van der Waals surface area contributed by atoms with Crippen molar-refractivity contribution in [3.8, 4) is 5.75 Å². The van der Waals surface area contributed by atoms with E-state index in [1.54, 1.807) is 7.11 Å². The Morgan fingerprint density at radius 3 is 2.57 bits per heavy atom. The van der Waals surface area contributed by atoms with Crippen LogP contribution < -0.4 is 15.0 Å². The van der Waals surface area contributed by atoms with E-state index in [-0.39, 0.29) is 5.91 Å². The average Bonchev–Trinajstić information content (AvgIpc) is 2.74. The molecule has 1 N–H and O–H groups in total. The summed E-state index contributed by atoms with van der Waals surface area (Å²) in [6.07, 6.45) is 1.41. The van der Waals surface area contributed by atoms with Crippen LogP contribution in [0.1, 0.15) is 25.5 Å². The summed E-state index contributed by atoms with van der Waals surface area (Å²) in [4.78, 5) is 23.4. The van der Waals surface area contributed by atoms with Gasteiger partial charge in [-0.2, -0.15) is 0 Å². The van der Waals surface area contributed by atoms with E-state index >= 15 is 0 Å². The van der Waals surface area contributed by atoms with Crippen LogP contribution in [0.3, 0.4) is 0 Å². The van der Waals surface area contributed by atoms with Gasteiger partial charge < -0.3 is 15.0 Å². The molecule has 3 heterocycles. The molecule has 1 fully saturated rings. The van der Waals surface area contributed by atoms with Crippen LogP contribution in [0.4, 0.5) is 5.82 Å². The molecule has 2 aliphatic rings. The molecule has 0 unspecified atom stereocenters. The first-order valence-electron chi connectivity index (χ1n) is 7.18.